The maximum Gasteiger partial charge on any atom is 0.148 e. The van der Waals surface area contributed by atoms with Crippen molar-refractivity contribution in [2.24, 2.45) is 0 Å². The third-order valence-corrected chi connectivity index (χ3v) is 2.27. The summed E-state index contributed by atoms with van der Waals surface area (Å²) in [6, 6.07) is 5.98. The molecule has 2 aromatic heterocycles. The Kier molecular flexibility index (Phi) is 2.41. The van der Waals surface area contributed by atoms with E-state index in [1.165, 1.54) is 0 Å². The van der Waals surface area contributed by atoms with Gasteiger partial charge in [0.05, 0.1) is 0 Å². The molecule has 0 unspecified atom stereocenters. The highest BCUT2D eigenvalue weighted by atomic mass is 15.4. The van der Waals surface area contributed by atoms with Gasteiger partial charge < -0.3 is 0 Å². The molecule has 0 aliphatic rings. The van der Waals surface area contributed by atoms with Crippen LogP contribution in [0.1, 0.15) is 17.2 Å². The van der Waals surface area contributed by atoms with Crippen molar-refractivity contribution in [1.29, 1.82) is 0 Å². The van der Waals surface area contributed by atoms with Crippen LogP contribution < -0.4 is 5.43 Å². The van der Waals surface area contributed by atoms with E-state index in [4.69, 9.17) is 0 Å². The maximum atomic E-state index is 4.29. The standard InChI is InChI=1S/C11H14N4/c1-8-4-5-9(2)15(8)14-11-6-7-12-10(3)13-11/h4-7H,1-3H3,(H,12,13,14). The van der Waals surface area contributed by atoms with Gasteiger partial charge in [-0.2, -0.15) is 0 Å². The first kappa shape index (κ1) is 9.71. The number of aromatic nitrogens is 3. The molecular formula is C11H14N4. The van der Waals surface area contributed by atoms with Crippen molar-refractivity contribution in [1.82, 2.24) is 14.6 Å². The van der Waals surface area contributed by atoms with Crippen LogP contribution in [0.5, 0.6) is 0 Å². The summed E-state index contributed by atoms with van der Waals surface area (Å²) in [5, 5.41) is 0. The summed E-state index contributed by atoms with van der Waals surface area (Å²) in [5.41, 5.74) is 5.54. The van der Waals surface area contributed by atoms with E-state index >= 15 is 0 Å². The van der Waals surface area contributed by atoms with Crippen LogP contribution in [0, 0.1) is 20.8 Å². The summed E-state index contributed by atoms with van der Waals surface area (Å²) >= 11 is 0. The number of nitrogens with one attached hydrogen (secondary N) is 1. The average molecular weight is 202 g/mol. The molecule has 4 nitrogen and oxygen atoms in total. The second-order valence-corrected chi connectivity index (χ2v) is 3.55. The molecule has 0 amide bonds. The minimum atomic E-state index is 0.766. The molecule has 15 heavy (non-hydrogen) atoms. The predicted octanol–water partition coefficient (Wildman–Crippen LogP) is 2.08. The van der Waals surface area contributed by atoms with Crippen LogP contribution in [0.4, 0.5) is 5.82 Å². The Balaban J connectivity index is 2.29. The molecule has 0 spiro atoms. The van der Waals surface area contributed by atoms with Crippen molar-refractivity contribution in [2.45, 2.75) is 20.8 Å². The summed E-state index contributed by atoms with van der Waals surface area (Å²) in [6.45, 7) is 5.97. The molecule has 0 radical (unpaired) electrons. The summed E-state index contributed by atoms with van der Waals surface area (Å²) in [4.78, 5) is 8.34. The predicted molar refractivity (Wildman–Crippen MR) is 59.7 cm³/mol. The first-order valence-corrected chi connectivity index (χ1v) is 4.88. The molecule has 2 rings (SSSR count). The number of anilines is 1. The monoisotopic (exact) mass is 202 g/mol. The lowest BCUT2D eigenvalue weighted by atomic mass is 10.5. The van der Waals surface area contributed by atoms with Gasteiger partial charge >= 0.3 is 0 Å². The van der Waals surface area contributed by atoms with E-state index in [1.807, 2.05) is 31.5 Å². The molecule has 78 valence electrons. The minimum Gasteiger partial charge on any atom is -0.278 e. The number of nitrogens with zero attached hydrogens (tertiary/aromatic N) is 3. The minimum absolute atomic E-state index is 0.766. The SMILES string of the molecule is Cc1nccc(Nn2c(C)ccc2C)n1. The Hall–Kier alpha value is -1.84. The van der Waals surface area contributed by atoms with Gasteiger partial charge in [-0.1, -0.05) is 0 Å². The van der Waals surface area contributed by atoms with E-state index in [9.17, 15) is 0 Å². The quantitative estimate of drug-likeness (QED) is 0.810. The Morgan fingerprint density at radius 2 is 1.73 bits per heavy atom. The molecule has 2 heterocycles. The summed E-state index contributed by atoms with van der Waals surface area (Å²) in [6.07, 6.45) is 1.75. The van der Waals surface area contributed by atoms with Crippen molar-refractivity contribution in [3.63, 3.8) is 0 Å². The first-order chi connectivity index (χ1) is 7.16. The zero-order chi connectivity index (χ0) is 10.8. The van der Waals surface area contributed by atoms with Gasteiger partial charge in [0, 0.05) is 23.7 Å². The summed E-state index contributed by atoms with van der Waals surface area (Å²) < 4.78 is 2.00. The van der Waals surface area contributed by atoms with E-state index in [0.717, 1.165) is 23.0 Å². The summed E-state index contributed by atoms with van der Waals surface area (Å²) in [5.74, 6) is 1.58. The molecule has 0 saturated heterocycles. The lowest BCUT2D eigenvalue weighted by molar-refractivity contribution is 0.863. The van der Waals surface area contributed by atoms with Crippen LogP contribution in [0.2, 0.25) is 0 Å². The van der Waals surface area contributed by atoms with Crippen LogP contribution >= 0.6 is 0 Å². The third-order valence-electron chi connectivity index (χ3n) is 2.27. The van der Waals surface area contributed by atoms with E-state index < -0.39 is 0 Å². The Morgan fingerprint density at radius 1 is 1.07 bits per heavy atom. The number of aryl methyl sites for hydroxylation is 3. The first-order valence-electron chi connectivity index (χ1n) is 4.88. The molecule has 2 aromatic rings. The van der Waals surface area contributed by atoms with Gasteiger partial charge in [-0.15, -0.1) is 0 Å². The molecule has 0 aliphatic heterocycles. The lowest BCUT2D eigenvalue weighted by Crippen LogP contribution is -2.13. The highest BCUT2D eigenvalue weighted by molar-refractivity contribution is 5.34. The maximum absolute atomic E-state index is 4.29. The van der Waals surface area contributed by atoms with Crippen LogP contribution in [-0.4, -0.2) is 14.6 Å². The molecule has 0 fully saturated rings. The van der Waals surface area contributed by atoms with Gasteiger partial charge in [0.25, 0.3) is 0 Å². The fourth-order valence-corrected chi connectivity index (χ4v) is 1.48. The highest BCUT2D eigenvalue weighted by Gasteiger charge is 2.01. The van der Waals surface area contributed by atoms with Gasteiger partial charge in [-0.05, 0) is 32.9 Å². The normalized spacial score (nSPS) is 10.3. The largest absolute Gasteiger partial charge is 0.278 e. The Bertz CT molecular complexity index is 454. The lowest BCUT2D eigenvalue weighted by Gasteiger charge is -2.11. The topological polar surface area (TPSA) is 42.7 Å². The molecule has 0 bridgehead atoms. The van der Waals surface area contributed by atoms with Crippen molar-refractivity contribution < 1.29 is 0 Å². The highest BCUT2D eigenvalue weighted by Crippen LogP contribution is 2.09. The zero-order valence-corrected chi connectivity index (χ0v) is 9.15. The third kappa shape index (κ3) is 1.98. The fourth-order valence-electron chi connectivity index (χ4n) is 1.48. The van der Waals surface area contributed by atoms with Gasteiger partial charge in [-0.3, -0.25) is 10.1 Å². The van der Waals surface area contributed by atoms with Gasteiger partial charge in [-0.25, -0.2) is 9.97 Å². The van der Waals surface area contributed by atoms with E-state index in [-0.39, 0.29) is 0 Å². The van der Waals surface area contributed by atoms with Crippen LogP contribution in [0.25, 0.3) is 0 Å². The average Bonchev–Trinajstić information content (AvgIpc) is 2.50. The van der Waals surface area contributed by atoms with Crippen molar-refractivity contribution in [2.75, 3.05) is 5.43 Å². The van der Waals surface area contributed by atoms with Crippen molar-refractivity contribution in [3.05, 3.63) is 41.6 Å². The molecule has 0 saturated carbocycles. The number of hydrogen-bond donors (Lipinski definition) is 1. The van der Waals surface area contributed by atoms with Gasteiger partial charge in [0.15, 0.2) is 0 Å². The Morgan fingerprint density at radius 3 is 2.33 bits per heavy atom. The van der Waals surface area contributed by atoms with Crippen LogP contribution in [0.3, 0.4) is 0 Å². The second kappa shape index (κ2) is 3.73. The van der Waals surface area contributed by atoms with E-state index in [1.54, 1.807) is 6.20 Å². The molecular weight excluding hydrogens is 188 g/mol. The Labute approximate surface area is 89.0 Å². The number of hydrogen-bond acceptors (Lipinski definition) is 3. The van der Waals surface area contributed by atoms with E-state index in [2.05, 4.69) is 27.5 Å². The zero-order valence-electron chi connectivity index (χ0n) is 9.15. The number of rotatable bonds is 2. The molecule has 0 atom stereocenters. The second-order valence-electron chi connectivity index (χ2n) is 3.55. The molecule has 0 aliphatic carbocycles. The molecule has 1 N–H and O–H groups in total. The summed E-state index contributed by atoms with van der Waals surface area (Å²) in [7, 11) is 0. The van der Waals surface area contributed by atoms with Crippen LogP contribution in [-0.2, 0) is 0 Å². The van der Waals surface area contributed by atoms with Gasteiger partial charge in [0.1, 0.15) is 11.6 Å². The van der Waals surface area contributed by atoms with Crippen molar-refractivity contribution in [3.8, 4) is 0 Å². The van der Waals surface area contributed by atoms with Gasteiger partial charge in [0.2, 0.25) is 0 Å². The van der Waals surface area contributed by atoms with Crippen LogP contribution in [0.15, 0.2) is 24.4 Å². The molecule has 0 aromatic carbocycles. The smallest absolute Gasteiger partial charge is 0.148 e. The fraction of sp³-hybridized carbons (Fsp3) is 0.273. The van der Waals surface area contributed by atoms with Crippen molar-refractivity contribution >= 4 is 5.82 Å². The molecule has 4 heteroatoms. The van der Waals surface area contributed by atoms with E-state index in [0.29, 0.717) is 0 Å².